The van der Waals surface area contributed by atoms with Crippen molar-refractivity contribution in [2.45, 2.75) is 0 Å². The number of hydrogen-bond acceptors (Lipinski definition) is 6. The Morgan fingerprint density at radius 2 is 1.85 bits per heavy atom. The molecular formula is C26H28N6O. The van der Waals surface area contributed by atoms with Gasteiger partial charge in [-0.15, -0.1) is 0 Å². The first-order valence-electron chi connectivity index (χ1n) is 10.9. The average molecular weight is 441 g/mol. The van der Waals surface area contributed by atoms with Crippen molar-refractivity contribution < 1.29 is 4.79 Å². The molecule has 0 spiro atoms. The smallest absolute Gasteiger partial charge is 0.257 e. The van der Waals surface area contributed by atoms with E-state index in [1.807, 2.05) is 42.5 Å². The van der Waals surface area contributed by atoms with Gasteiger partial charge < -0.3 is 26.3 Å². The minimum Gasteiger partial charge on any atom is -0.398 e. The van der Waals surface area contributed by atoms with Crippen LogP contribution >= 0.6 is 0 Å². The molecule has 33 heavy (non-hydrogen) atoms. The van der Waals surface area contributed by atoms with Crippen LogP contribution in [0.2, 0.25) is 0 Å². The second-order valence-corrected chi connectivity index (χ2v) is 8.10. The number of carbonyl (C=O) groups is 1. The summed E-state index contributed by atoms with van der Waals surface area (Å²) < 4.78 is 0. The van der Waals surface area contributed by atoms with Crippen molar-refractivity contribution in [2.24, 2.45) is 0 Å². The molecule has 1 aromatic heterocycles. The SMILES string of the molecule is CN1CCN(c2cc(N)c(C(=N)/C=C/c3ccccc3)cc2NC(=O)c2cccnc2)CC1. The van der Waals surface area contributed by atoms with Gasteiger partial charge in [-0.3, -0.25) is 9.78 Å². The number of benzene rings is 2. The Hall–Kier alpha value is -3.97. The number of nitrogens with one attached hydrogen (secondary N) is 2. The molecule has 7 heteroatoms. The predicted molar refractivity (Wildman–Crippen MR) is 135 cm³/mol. The van der Waals surface area contributed by atoms with Crippen molar-refractivity contribution in [2.75, 3.05) is 49.2 Å². The molecule has 1 saturated heterocycles. The van der Waals surface area contributed by atoms with Crippen LogP contribution in [-0.2, 0) is 0 Å². The molecule has 2 aromatic carbocycles. The number of anilines is 3. The maximum atomic E-state index is 12.9. The molecule has 2 heterocycles. The Morgan fingerprint density at radius 1 is 1.09 bits per heavy atom. The molecule has 7 nitrogen and oxygen atoms in total. The van der Waals surface area contributed by atoms with Gasteiger partial charge in [0.25, 0.3) is 5.91 Å². The number of rotatable bonds is 6. The van der Waals surface area contributed by atoms with Gasteiger partial charge in [0.1, 0.15) is 0 Å². The van der Waals surface area contributed by atoms with Gasteiger partial charge in [0, 0.05) is 49.8 Å². The lowest BCUT2D eigenvalue weighted by atomic mass is 10.0. The highest BCUT2D eigenvalue weighted by Crippen LogP contribution is 2.33. The topological polar surface area (TPSA) is 98.3 Å². The van der Waals surface area contributed by atoms with Crippen molar-refractivity contribution in [3.8, 4) is 0 Å². The molecule has 4 rings (SSSR count). The third-order valence-corrected chi connectivity index (χ3v) is 5.72. The van der Waals surface area contributed by atoms with E-state index in [9.17, 15) is 4.79 Å². The molecule has 0 aliphatic carbocycles. The molecule has 0 saturated carbocycles. The number of nitrogens with zero attached hydrogens (tertiary/aromatic N) is 3. The Labute approximate surface area is 194 Å². The molecule has 0 radical (unpaired) electrons. The lowest BCUT2D eigenvalue weighted by molar-refractivity contribution is 0.102. The van der Waals surface area contributed by atoms with Crippen molar-refractivity contribution in [3.05, 3.63) is 89.8 Å². The van der Waals surface area contributed by atoms with E-state index in [1.165, 1.54) is 6.20 Å². The van der Waals surface area contributed by atoms with Crippen LogP contribution in [0.5, 0.6) is 0 Å². The van der Waals surface area contributed by atoms with Crippen LogP contribution in [0.3, 0.4) is 0 Å². The number of carbonyl (C=O) groups excluding carboxylic acids is 1. The van der Waals surface area contributed by atoms with Gasteiger partial charge in [0.2, 0.25) is 0 Å². The van der Waals surface area contributed by atoms with Crippen LogP contribution < -0.4 is 16.0 Å². The first-order chi connectivity index (χ1) is 16.0. The number of pyridine rings is 1. The number of hydrogen-bond donors (Lipinski definition) is 3. The zero-order valence-corrected chi connectivity index (χ0v) is 18.7. The first kappa shape index (κ1) is 22.2. The van der Waals surface area contributed by atoms with Gasteiger partial charge in [0.15, 0.2) is 0 Å². The predicted octanol–water partition coefficient (Wildman–Crippen LogP) is 3.75. The molecular weight excluding hydrogens is 412 g/mol. The minimum absolute atomic E-state index is 0.249. The van der Waals surface area contributed by atoms with E-state index in [0.29, 0.717) is 22.5 Å². The Kier molecular flexibility index (Phi) is 6.80. The van der Waals surface area contributed by atoms with Crippen LogP contribution in [0.4, 0.5) is 17.1 Å². The normalized spacial score (nSPS) is 14.4. The summed E-state index contributed by atoms with van der Waals surface area (Å²) >= 11 is 0. The van der Waals surface area contributed by atoms with Crippen LogP contribution in [0.15, 0.2) is 73.1 Å². The molecule has 0 bridgehead atoms. The zero-order valence-electron chi connectivity index (χ0n) is 18.7. The fourth-order valence-corrected chi connectivity index (χ4v) is 3.77. The van der Waals surface area contributed by atoms with E-state index in [4.69, 9.17) is 11.1 Å². The van der Waals surface area contributed by atoms with Gasteiger partial charge in [0.05, 0.1) is 22.6 Å². The molecule has 4 N–H and O–H groups in total. The van der Waals surface area contributed by atoms with E-state index in [0.717, 1.165) is 37.4 Å². The highest BCUT2D eigenvalue weighted by molar-refractivity contribution is 6.14. The average Bonchev–Trinajstić information content (AvgIpc) is 2.85. The van der Waals surface area contributed by atoms with Crippen molar-refractivity contribution in [1.82, 2.24) is 9.88 Å². The molecule has 0 unspecified atom stereocenters. The molecule has 1 fully saturated rings. The summed E-state index contributed by atoms with van der Waals surface area (Å²) in [6.45, 7) is 3.51. The number of amides is 1. The maximum Gasteiger partial charge on any atom is 0.257 e. The lowest BCUT2D eigenvalue weighted by Gasteiger charge is -2.35. The van der Waals surface area contributed by atoms with Crippen molar-refractivity contribution in [3.63, 3.8) is 0 Å². The standard InChI is InChI=1S/C26H28N6O/c1-31-12-14-32(15-13-31)25-17-23(28)21(22(27)10-9-19-6-3-2-4-7-19)16-24(25)30-26(33)20-8-5-11-29-18-20/h2-11,16-18,27H,12-15,28H2,1H3,(H,30,33)/b10-9+,27-22?. The summed E-state index contributed by atoms with van der Waals surface area (Å²) in [6, 6.07) is 16.9. The van der Waals surface area contributed by atoms with E-state index in [1.54, 1.807) is 30.5 Å². The van der Waals surface area contributed by atoms with Crippen molar-refractivity contribution >= 4 is 34.8 Å². The number of nitrogen functional groups attached to an aromatic ring is 1. The molecule has 3 aromatic rings. The van der Waals surface area contributed by atoms with E-state index < -0.39 is 0 Å². The Morgan fingerprint density at radius 3 is 2.55 bits per heavy atom. The summed E-state index contributed by atoms with van der Waals surface area (Å²) in [4.78, 5) is 21.4. The second-order valence-electron chi connectivity index (χ2n) is 8.10. The van der Waals surface area contributed by atoms with Crippen molar-refractivity contribution in [1.29, 1.82) is 5.41 Å². The van der Waals surface area contributed by atoms with E-state index >= 15 is 0 Å². The third kappa shape index (κ3) is 5.45. The van der Waals surface area contributed by atoms with Gasteiger partial charge in [-0.1, -0.05) is 36.4 Å². The summed E-state index contributed by atoms with van der Waals surface area (Å²) in [5.41, 5.74) is 10.7. The van der Waals surface area contributed by atoms with Crippen LogP contribution in [0.25, 0.3) is 6.08 Å². The molecule has 168 valence electrons. The quantitative estimate of drug-likeness (QED) is 0.401. The molecule has 1 aliphatic heterocycles. The summed E-state index contributed by atoms with van der Waals surface area (Å²) in [7, 11) is 2.10. The monoisotopic (exact) mass is 440 g/mol. The Bertz CT molecular complexity index is 1150. The molecule has 1 aliphatic rings. The number of aromatic nitrogens is 1. The number of allylic oxidation sites excluding steroid dienone is 1. The number of nitrogens with two attached hydrogens (primary N) is 1. The fourth-order valence-electron chi connectivity index (χ4n) is 3.77. The molecule has 0 atom stereocenters. The largest absolute Gasteiger partial charge is 0.398 e. The number of likely N-dealkylation sites (N-methyl/N-ethyl adjacent to an activating group) is 1. The van der Waals surface area contributed by atoms with Gasteiger partial charge in [-0.2, -0.15) is 0 Å². The van der Waals surface area contributed by atoms with Crippen LogP contribution in [0.1, 0.15) is 21.5 Å². The molecule has 1 amide bonds. The second kappa shape index (κ2) is 10.1. The van der Waals surface area contributed by atoms with Gasteiger partial charge in [-0.05, 0) is 43.0 Å². The number of piperazine rings is 1. The van der Waals surface area contributed by atoms with Gasteiger partial charge >= 0.3 is 0 Å². The third-order valence-electron chi connectivity index (χ3n) is 5.72. The first-order valence-corrected chi connectivity index (χ1v) is 10.9. The van der Waals surface area contributed by atoms with Crippen LogP contribution in [-0.4, -0.2) is 54.7 Å². The Balaban J connectivity index is 1.66. The lowest BCUT2D eigenvalue weighted by Crippen LogP contribution is -2.44. The highest BCUT2D eigenvalue weighted by Gasteiger charge is 2.21. The maximum absolute atomic E-state index is 12.9. The summed E-state index contributed by atoms with van der Waals surface area (Å²) in [6.07, 6.45) is 6.77. The van der Waals surface area contributed by atoms with Gasteiger partial charge in [-0.25, -0.2) is 0 Å². The minimum atomic E-state index is -0.249. The van der Waals surface area contributed by atoms with E-state index in [2.05, 4.69) is 27.1 Å². The van der Waals surface area contributed by atoms with Crippen LogP contribution in [0, 0.1) is 5.41 Å². The summed E-state index contributed by atoms with van der Waals surface area (Å²) in [5.74, 6) is -0.249. The zero-order chi connectivity index (χ0) is 23.2. The van der Waals surface area contributed by atoms with E-state index in [-0.39, 0.29) is 11.6 Å². The fraction of sp³-hybridized carbons (Fsp3) is 0.192. The summed E-state index contributed by atoms with van der Waals surface area (Å²) in [5, 5.41) is 11.6. The highest BCUT2D eigenvalue weighted by atomic mass is 16.1.